The lowest BCUT2D eigenvalue weighted by Gasteiger charge is -2.35. The van der Waals surface area contributed by atoms with Gasteiger partial charge < -0.3 is 15.5 Å². The summed E-state index contributed by atoms with van der Waals surface area (Å²) in [5.41, 5.74) is 3.31. The molecule has 1 aromatic heterocycles. The van der Waals surface area contributed by atoms with E-state index in [9.17, 15) is 4.79 Å². The Bertz CT molecular complexity index is 794. The highest BCUT2D eigenvalue weighted by Crippen LogP contribution is 2.27. The number of piperidine rings is 1. The number of aromatic nitrogens is 1. The van der Waals surface area contributed by atoms with Crippen molar-refractivity contribution < 1.29 is 4.79 Å². The summed E-state index contributed by atoms with van der Waals surface area (Å²) in [6.45, 7) is 4.36. The Morgan fingerprint density at radius 1 is 1.07 bits per heavy atom. The first kappa shape index (κ1) is 20.9. The lowest BCUT2D eigenvalue weighted by molar-refractivity contribution is -0.119. The van der Waals surface area contributed by atoms with E-state index in [0.29, 0.717) is 12.1 Å². The largest absolute Gasteiger partial charge is 0.371 e. The van der Waals surface area contributed by atoms with Crippen LogP contribution in [-0.4, -0.2) is 36.1 Å². The van der Waals surface area contributed by atoms with Crippen LogP contribution in [0.15, 0.2) is 48.7 Å². The van der Waals surface area contributed by atoms with E-state index >= 15 is 0 Å². The predicted molar refractivity (Wildman–Crippen MR) is 123 cm³/mol. The molecule has 2 fully saturated rings. The van der Waals surface area contributed by atoms with E-state index in [2.05, 4.69) is 51.7 Å². The second-order valence-electron chi connectivity index (χ2n) is 8.87. The van der Waals surface area contributed by atoms with Crippen molar-refractivity contribution in [3.05, 3.63) is 54.4 Å². The number of amides is 1. The van der Waals surface area contributed by atoms with Gasteiger partial charge in [-0.2, -0.15) is 0 Å². The smallest absolute Gasteiger partial charge is 0.227 e. The van der Waals surface area contributed by atoms with E-state index in [-0.39, 0.29) is 11.8 Å². The summed E-state index contributed by atoms with van der Waals surface area (Å²) < 4.78 is 0. The zero-order valence-electron chi connectivity index (χ0n) is 18.0. The Morgan fingerprint density at radius 3 is 2.47 bits per heavy atom. The summed E-state index contributed by atoms with van der Waals surface area (Å²) in [5.74, 6) is 0.392. The molecule has 1 saturated carbocycles. The fourth-order valence-electron chi connectivity index (χ4n) is 4.79. The van der Waals surface area contributed by atoms with Crippen molar-refractivity contribution in [3.8, 4) is 0 Å². The number of carbonyl (C=O) groups is 1. The van der Waals surface area contributed by atoms with Crippen LogP contribution in [0.3, 0.4) is 0 Å². The Hall–Kier alpha value is -2.40. The van der Waals surface area contributed by atoms with E-state index in [0.717, 1.165) is 56.6 Å². The summed E-state index contributed by atoms with van der Waals surface area (Å²) in [7, 11) is 0. The molecule has 0 radical (unpaired) electrons. The number of nitrogens with one attached hydrogen (secondary N) is 2. The zero-order chi connectivity index (χ0) is 20.8. The van der Waals surface area contributed by atoms with Crippen molar-refractivity contribution in [3.63, 3.8) is 0 Å². The van der Waals surface area contributed by atoms with Gasteiger partial charge in [0.25, 0.3) is 0 Å². The van der Waals surface area contributed by atoms with E-state index in [4.69, 9.17) is 0 Å². The summed E-state index contributed by atoms with van der Waals surface area (Å²) in [6, 6.07) is 15.5. The second-order valence-corrected chi connectivity index (χ2v) is 8.87. The molecule has 1 saturated heterocycles. The van der Waals surface area contributed by atoms with E-state index in [1.807, 2.05) is 24.4 Å². The molecule has 5 heteroatoms. The number of anilines is 2. The topological polar surface area (TPSA) is 57.3 Å². The van der Waals surface area contributed by atoms with Crippen molar-refractivity contribution in [2.24, 2.45) is 5.92 Å². The highest BCUT2D eigenvalue weighted by molar-refractivity contribution is 5.92. The SMILES string of the molecule is CC(Cc1ccccn1)NC1CCN(c2ccc(NC(=O)C3CCCC3)cc2)CC1. The Kier molecular flexibility index (Phi) is 7.00. The van der Waals surface area contributed by atoms with Crippen LogP contribution in [0.5, 0.6) is 0 Å². The first-order chi connectivity index (χ1) is 14.7. The molecule has 2 aromatic rings. The lowest BCUT2D eigenvalue weighted by atomic mass is 10.0. The fourth-order valence-corrected chi connectivity index (χ4v) is 4.79. The maximum absolute atomic E-state index is 12.3. The zero-order valence-corrected chi connectivity index (χ0v) is 18.0. The van der Waals surface area contributed by atoms with Gasteiger partial charge in [0.05, 0.1) is 0 Å². The number of hydrogen-bond acceptors (Lipinski definition) is 4. The molecule has 1 amide bonds. The van der Waals surface area contributed by atoms with Gasteiger partial charge in [-0.25, -0.2) is 0 Å². The molecule has 30 heavy (non-hydrogen) atoms. The molecule has 1 unspecified atom stereocenters. The van der Waals surface area contributed by atoms with E-state index in [1.165, 1.54) is 18.5 Å². The van der Waals surface area contributed by atoms with Crippen LogP contribution in [0.25, 0.3) is 0 Å². The normalized spacial score (nSPS) is 19.0. The summed E-state index contributed by atoms with van der Waals surface area (Å²) in [5, 5.41) is 6.87. The number of carbonyl (C=O) groups excluding carboxylic acids is 1. The Morgan fingerprint density at radius 2 is 1.80 bits per heavy atom. The third-order valence-corrected chi connectivity index (χ3v) is 6.48. The van der Waals surface area contributed by atoms with Gasteiger partial charge in [-0.15, -0.1) is 0 Å². The van der Waals surface area contributed by atoms with Crippen LogP contribution in [-0.2, 0) is 11.2 Å². The van der Waals surface area contributed by atoms with Crippen molar-refractivity contribution in [2.45, 2.75) is 64.0 Å². The highest BCUT2D eigenvalue weighted by atomic mass is 16.1. The second kappa shape index (κ2) is 10.1. The van der Waals surface area contributed by atoms with Crippen molar-refractivity contribution in [1.82, 2.24) is 10.3 Å². The summed E-state index contributed by atoms with van der Waals surface area (Å²) in [6.07, 6.45) is 9.56. The highest BCUT2D eigenvalue weighted by Gasteiger charge is 2.23. The molecule has 1 aliphatic heterocycles. The molecule has 0 bridgehead atoms. The number of nitrogens with zero attached hydrogens (tertiary/aromatic N) is 2. The molecule has 160 valence electrons. The average Bonchev–Trinajstić information content (AvgIpc) is 3.31. The quantitative estimate of drug-likeness (QED) is 0.716. The molecule has 1 aliphatic carbocycles. The van der Waals surface area contributed by atoms with Gasteiger partial charge in [-0.1, -0.05) is 18.9 Å². The molecule has 2 N–H and O–H groups in total. The van der Waals surface area contributed by atoms with Crippen LogP contribution in [0, 0.1) is 5.92 Å². The third kappa shape index (κ3) is 5.60. The average molecular weight is 407 g/mol. The molecule has 4 rings (SSSR count). The number of hydrogen-bond donors (Lipinski definition) is 2. The van der Waals surface area contributed by atoms with Gasteiger partial charge >= 0.3 is 0 Å². The van der Waals surface area contributed by atoms with Crippen molar-refractivity contribution in [2.75, 3.05) is 23.3 Å². The van der Waals surface area contributed by atoms with Crippen molar-refractivity contribution >= 4 is 17.3 Å². The third-order valence-electron chi connectivity index (χ3n) is 6.48. The minimum atomic E-state index is 0.187. The van der Waals surface area contributed by atoms with Gasteiger partial charge in [0.2, 0.25) is 5.91 Å². The van der Waals surface area contributed by atoms with Gasteiger partial charge in [0.15, 0.2) is 0 Å². The number of benzene rings is 1. The standard InChI is InChI=1S/C25H34N4O/c1-19(18-23-8-4-5-15-26-23)27-22-13-16-29(17-14-22)24-11-9-21(10-12-24)28-25(30)20-6-2-3-7-20/h4-5,8-12,15,19-20,22,27H,2-3,6-7,13-14,16-18H2,1H3,(H,28,30). The maximum atomic E-state index is 12.3. The monoisotopic (exact) mass is 406 g/mol. The molecular formula is C25H34N4O. The number of pyridine rings is 1. The molecule has 5 nitrogen and oxygen atoms in total. The van der Waals surface area contributed by atoms with Crippen LogP contribution in [0.4, 0.5) is 11.4 Å². The van der Waals surface area contributed by atoms with Gasteiger partial charge in [0.1, 0.15) is 0 Å². The summed E-state index contributed by atoms with van der Waals surface area (Å²) >= 11 is 0. The molecular weight excluding hydrogens is 372 g/mol. The minimum absolute atomic E-state index is 0.187. The molecule has 0 spiro atoms. The molecule has 1 aromatic carbocycles. The minimum Gasteiger partial charge on any atom is -0.371 e. The Labute approximate surface area is 180 Å². The van der Waals surface area contributed by atoms with Gasteiger partial charge in [-0.05, 0) is 69.0 Å². The molecule has 2 aliphatic rings. The number of rotatable bonds is 7. The first-order valence-corrected chi connectivity index (χ1v) is 11.5. The van der Waals surface area contributed by atoms with Crippen LogP contribution >= 0.6 is 0 Å². The predicted octanol–water partition coefficient (Wildman–Crippen LogP) is 4.40. The van der Waals surface area contributed by atoms with Gasteiger partial charge in [0, 0.05) is 60.8 Å². The summed E-state index contributed by atoms with van der Waals surface area (Å²) in [4.78, 5) is 19.2. The Balaban J connectivity index is 1.22. The van der Waals surface area contributed by atoms with Gasteiger partial charge in [-0.3, -0.25) is 9.78 Å². The maximum Gasteiger partial charge on any atom is 0.227 e. The van der Waals surface area contributed by atoms with Crippen LogP contribution in [0.1, 0.15) is 51.1 Å². The van der Waals surface area contributed by atoms with Crippen molar-refractivity contribution in [1.29, 1.82) is 0 Å². The lowest BCUT2D eigenvalue weighted by Crippen LogP contribution is -2.46. The van der Waals surface area contributed by atoms with Crippen LogP contribution in [0.2, 0.25) is 0 Å². The molecule has 1 atom stereocenters. The van der Waals surface area contributed by atoms with E-state index in [1.54, 1.807) is 0 Å². The van der Waals surface area contributed by atoms with E-state index < -0.39 is 0 Å². The molecule has 2 heterocycles. The van der Waals surface area contributed by atoms with Crippen LogP contribution < -0.4 is 15.5 Å². The first-order valence-electron chi connectivity index (χ1n) is 11.5. The fraction of sp³-hybridized carbons (Fsp3) is 0.520.